The third-order valence-electron chi connectivity index (χ3n) is 1.79. The lowest BCUT2D eigenvalue weighted by Crippen LogP contribution is -2.28. The largest absolute Gasteiger partial charge is 0.407 e. The highest BCUT2D eigenvalue weighted by molar-refractivity contribution is 5.85. The fraction of sp³-hybridized carbons (Fsp3) is 0.250. The second kappa shape index (κ2) is 5.13. The van der Waals surface area contributed by atoms with Gasteiger partial charge in [0.05, 0.1) is 4.92 Å². The van der Waals surface area contributed by atoms with Gasteiger partial charge in [-0.3, -0.25) is 10.1 Å². The van der Waals surface area contributed by atoms with E-state index < -0.39 is 22.8 Å². The van der Waals surface area contributed by atoms with Gasteiger partial charge in [0, 0.05) is 12.1 Å². The standard InChI is InChI=1S/C8H7F3N2O2.ClH/c9-8(10,11)7(12)5-2-1-3-6(4-5)13(14)15;/h1-4,7H,12H2;1H. The molecule has 0 bridgehead atoms. The Hall–Kier alpha value is -1.34. The van der Waals surface area contributed by atoms with Crippen molar-refractivity contribution in [2.45, 2.75) is 12.2 Å². The SMILES string of the molecule is Cl.NC(c1cccc([N+](=O)[O-])c1)C(F)(F)F. The number of non-ortho nitro benzene ring substituents is 1. The molecule has 0 aliphatic carbocycles. The van der Waals surface area contributed by atoms with Gasteiger partial charge in [-0.05, 0) is 5.56 Å². The Morgan fingerprint density at radius 3 is 2.38 bits per heavy atom. The molecule has 0 spiro atoms. The number of halogens is 4. The van der Waals surface area contributed by atoms with Gasteiger partial charge in [0.25, 0.3) is 5.69 Å². The van der Waals surface area contributed by atoms with Gasteiger partial charge in [0.2, 0.25) is 0 Å². The number of nitrogens with two attached hydrogens (primary N) is 1. The van der Waals surface area contributed by atoms with Crippen molar-refractivity contribution in [3.63, 3.8) is 0 Å². The van der Waals surface area contributed by atoms with E-state index in [1.54, 1.807) is 0 Å². The molecular weight excluding hydrogens is 249 g/mol. The minimum Gasteiger partial charge on any atom is -0.316 e. The number of hydrogen-bond acceptors (Lipinski definition) is 3. The maximum atomic E-state index is 12.2. The molecule has 16 heavy (non-hydrogen) atoms. The molecule has 1 unspecified atom stereocenters. The molecule has 0 fully saturated rings. The molecular formula is C8H8ClF3N2O2. The van der Waals surface area contributed by atoms with E-state index in [0.717, 1.165) is 18.2 Å². The normalized spacial score (nSPS) is 12.8. The van der Waals surface area contributed by atoms with Gasteiger partial charge in [-0.1, -0.05) is 12.1 Å². The van der Waals surface area contributed by atoms with Crippen LogP contribution in [0.4, 0.5) is 18.9 Å². The molecule has 0 aliphatic rings. The van der Waals surface area contributed by atoms with E-state index in [0.29, 0.717) is 0 Å². The van der Waals surface area contributed by atoms with Crippen LogP contribution >= 0.6 is 12.4 Å². The summed E-state index contributed by atoms with van der Waals surface area (Å²) in [4.78, 5) is 9.54. The summed E-state index contributed by atoms with van der Waals surface area (Å²) in [6.45, 7) is 0. The summed E-state index contributed by atoms with van der Waals surface area (Å²) in [6.07, 6.45) is -4.60. The monoisotopic (exact) mass is 256 g/mol. The topological polar surface area (TPSA) is 69.2 Å². The van der Waals surface area contributed by atoms with Crippen molar-refractivity contribution >= 4 is 18.1 Å². The minimum absolute atomic E-state index is 0. The lowest BCUT2D eigenvalue weighted by molar-refractivity contribution is -0.385. The molecule has 1 aromatic carbocycles. The predicted molar refractivity (Wildman–Crippen MR) is 53.3 cm³/mol. The summed E-state index contributed by atoms with van der Waals surface area (Å²) in [7, 11) is 0. The number of alkyl halides is 3. The Morgan fingerprint density at radius 1 is 1.38 bits per heavy atom. The summed E-state index contributed by atoms with van der Waals surface area (Å²) in [5.41, 5.74) is 4.16. The van der Waals surface area contributed by atoms with Crippen molar-refractivity contribution in [3.8, 4) is 0 Å². The number of hydrogen-bond donors (Lipinski definition) is 1. The number of nitro groups is 1. The molecule has 2 N–H and O–H groups in total. The van der Waals surface area contributed by atoms with Gasteiger partial charge in [-0.25, -0.2) is 0 Å². The number of nitrogens with zero attached hydrogens (tertiary/aromatic N) is 1. The number of nitro benzene ring substituents is 1. The zero-order valence-corrected chi connectivity index (χ0v) is 8.59. The van der Waals surface area contributed by atoms with Crippen molar-refractivity contribution in [1.29, 1.82) is 0 Å². The van der Waals surface area contributed by atoms with E-state index in [-0.39, 0.29) is 18.0 Å². The summed E-state index contributed by atoms with van der Waals surface area (Å²) in [5, 5.41) is 10.3. The van der Waals surface area contributed by atoms with Gasteiger partial charge >= 0.3 is 6.18 Å². The highest BCUT2D eigenvalue weighted by atomic mass is 35.5. The Bertz CT molecular complexity index is 384. The molecule has 0 saturated carbocycles. The Morgan fingerprint density at radius 2 is 1.94 bits per heavy atom. The van der Waals surface area contributed by atoms with Crippen LogP contribution in [0.15, 0.2) is 24.3 Å². The molecule has 0 saturated heterocycles. The van der Waals surface area contributed by atoms with Crippen LogP contribution in [0, 0.1) is 10.1 Å². The van der Waals surface area contributed by atoms with Crippen LogP contribution in [-0.4, -0.2) is 11.1 Å². The van der Waals surface area contributed by atoms with Crippen LogP contribution in [0.3, 0.4) is 0 Å². The summed E-state index contributed by atoms with van der Waals surface area (Å²) in [6, 6.07) is 1.99. The van der Waals surface area contributed by atoms with Crippen molar-refractivity contribution in [1.82, 2.24) is 0 Å². The van der Waals surface area contributed by atoms with E-state index in [9.17, 15) is 23.3 Å². The second-order valence-electron chi connectivity index (χ2n) is 2.87. The first kappa shape index (κ1) is 14.7. The average molecular weight is 257 g/mol. The molecule has 4 nitrogen and oxygen atoms in total. The lowest BCUT2D eigenvalue weighted by atomic mass is 10.1. The van der Waals surface area contributed by atoms with Crippen LogP contribution in [0.2, 0.25) is 0 Å². The lowest BCUT2D eigenvalue weighted by Gasteiger charge is -2.15. The number of rotatable bonds is 2. The van der Waals surface area contributed by atoms with Crippen LogP contribution in [0.25, 0.3) is 0 Å². The van der Waals surface area contributed by atoms with Gasteiger partial charge in [-0.15, -0.1) is 12.4 Å². The molecule has 0 heterocycles. The molecule has 1 atom stereocenters. The molecule has 1 aromatic rings. The fourth-order valence-electron chi connectivity index (χ4n) is 1.02. The minimum atomic E-state index is -4.60. The highest BCUT2D eigenvalue weighted by Gasteiger charge is 2.38. The molecule has 0 aromatic heterocycles. The van der Waals surface area contributed by atoms with Crippen molar-refractivity contribution < 1.29 is 18.1 Å². The molecule has 1 rings (SSSR count). The quantitative estimate of drug-likeness (QED) is 0.653. The zero-order valence-electron chi connectivity index (χ0n) is 7.77. The average Bonchev–Trinajstić information content (AvgIpc) is 2.15. The molecule has 0 aliphatic heterocycles. The Labute approximate surface area is 94.8 Å². The first-order valence-electron chi connectivity index (χ1n) is 3.89. The third-order valence-corrected chi connectivity index (χ3v) is 1.79. The van der Waals surface area contributed by atoms with E-state index in [1.165, 1.54) is 6.07 Å². The maximum Gasteiger partial charge on any atom is 0.407 e. The van der Waals surface area contributed by atoms with Crippen molar-refractivity contribution in [2.75, 3.05) is 0 Å². The third kappa shape index (κ3) is 3.35. The first-order valence-corrected chi connectivity index (χ1v) is 3.89. The van der Waals surface area contributed by atoms with Crippen LogP contribution in [0.5, 0.6) is 0 Å². The summed E-state index contributed by atoms with van der Waals surface area (Å²) < 4.78 is 36.5. The molecule has 0 radical (unpaired) electrons. The summed E-state index contributed by atoms with van der Waals surface area (Å²) in [5.74, 6) is 0. The Balaban J connectivity index is 0.00000225. The van der Waals surface area contributed by atoms with E-state index in [1.807, 2.05) is 0 Å². The van der Waals surface area contributed by atoms with E-state index >= 15 is 0 Å². The highest BCUT2D eigenvalue weighted by Crippen LogP contribution is 2.31. The van der Waals surface area contributed by atoms with Crippen LogP contribution in [-0.2, 0) is 0 Å². The van der Waals surface area contributed by atoms with Gasteiger partial charge < -0.3 is 5.73 Å². The van der Waals surface area contributed by atoms with E-state index in [4.69, 9.17) is 5.73 Å². The van der Waals surface area contributed by atoms with Crippen molar-refractivity contribution in [2.24, 2.45) is 5.73 Å². The van der Waals surface area contributed by atoms with Gasteiger partial charge in [0.1, 0.15) is 6.04 Å². The molecule has 0 amide bonds. The van der Waals surface area contributed by atoms with Crippen LogP contribution < -0.4 is 5.73 Å². The first-order chi connectivity index (χ1) is 6.82. The second-order valence-corrected chi connectivity index (χ2v) is 2.87. The van der Waals surface area contributed by atoms with Crippen molar-refractivity contribution in [3.05, 3.63) is 39.9 Å². The van der Waals surface area contributed by atoms with Gasteiger partial charge in [-0.2, -0.15) is 13.2 Å². The predicted octanol–water partition coefficient (Wildman–Crippen LogP) is 2.58. The zero-order chi connectivity index (χ0) is 11.6. The number of benzene rings is 1. The molecule has 8 heteroatoms. The maximum absolute atomic E-state index is 12.2. The fourth-order valence-corrected chi connectivity index (χ4v) is 1.02. The van der Waals surface area contributed by atoms with Gasteiger partial charge in [0.15, 0.2) is 0 Å². The summed E-state index contributed by atoms with van der Waals surface area (Å²) >= 11 is 0. The smallest absolute Gasteiger partial charge is 0.316 e. The van der Waals surface area contributed by atoms with E-state index in [2.05, 4.69) is 0 Å². The molecule has 90 valence electrons. The Kier molecular flexibility index (Phi) is 4.70. The van der Waals surface area contributed by atoms with Crippen LogP contribution in [0.1, 0.15) is 11.6 Å².